The Balaban J connectivity index is 2.09. The monoisotopic (exact) mass is 339 g/mol. The second kappa shape index (κ2) is 9.39. The SMILES string of the molecule is CCCN(CC1COCCC[Si](OC)(OC)O1)c1ccccc1. The third-order valence-electron chi connectivity index (χ3n) is 4.08. The van der Waals surface area contributed by atoms with E-state index in [0.29, 0.717) is 6.61 Å². The van der Waals surface area contributed by atoms with Crippen molar-refractivity contribution in [2.45, 2.75) is 31.9 Å². The van der Waals surface area contributed by atoms with E-state index >= 15 is 0 Å². The molecule has 0 spiro atoms. The minimum Gasteiger partial charge on any atom is -0.379 e. The van der Waals surface area contributed by atoms with E-state index in [4.69, 9.17) is 18.0 Å². The maximum atomic E-state index is 6.30. The summed E-state index contributed by atoms with van der Waals surface area (Å²) in [5.41, 5.74) is 1.21. The highest BCUT2D eigenvalue weighted by atomic mass is 28.4. The zero-order chi connectivity index (χ0) is 16.5. The van der Waals surface area contributed by atoms with Crippen molar-refractivity contribution in [2.75, 3.05) is 45.4 Å². The topological polar surface area (TPSA) is 40.2 Å². The average molecular weight is 340 g/mol. The highest BCUT2D eigenvalue weighted by Gasteiger charge is 2.42. The summed E-state index contributed by atoms with van der Waals surface area (Å²) in [7, 11) is 0.808. The Labute approximate surface area is 140 Å². The summed E-state index contributed by atoms with van der Waals surface area (Å²) in [6.07, 6.45) is 1.95. The summed E-state index contributed by atoms with van der Waals surface area (Å²) in [5, 5.41) is 0. The molecule has 1 aliphatic heterocycles. The predicted molar refractivity (Wildman–Crippen MR) is 93.8 cm³/mol. The van der Waals surface area contributed by atoms with Gasteiger partial charge in [0.05, 0.1) is 12.7 Å². The fourth-order valence-corrected chi connectivity index (χ4v) is 5.02. The first-order valence-corrected chi connectivity index (χ1v) is 10.3. The van der Waals surface area contributed by atoms with E-state index in [0.717, 1.165) is 38.6 Å². The van der Waals surface area contributed by atoms with E-state index in [1.807, 2.05) is 6.07 Å². The summed E-state index contributed by atoms with van der Waals surface area (Å²) in [6, 6.07) is 11.2. The maximum absolute atomic E-state index is 6.30. The summed E-state index contributed by atoms with van der Waals surface area (Å²) in [5.74, 6) is 0. The average Bonchev–Trinajstić information content (AvgIpc) is 2.58. The Morgan fingerprint density at radius 1 is 1.22 bits per heavy atom. The quantitative estimate of drug-likeness (QED) is 0.714. The summed E-state index contributed by atoms with van der Waals surface area (Å²) in [4.78, 5) is 2.35. The van der Waals surface area contributed by atoms with Gasteiger partial charge in [-0.1, -0.05) is 25.1 Å². The lowest BCUT2D eigenvalue weighted by Crippen LogP contribution is -2.52. The van der Waals surface area contributed by atoms with Crippen molar-refractivity contribution >= 4 is 14.5 Å². The second-order valence-corrected chi connectivity index (χ2v) is 8.71. The van der Waals surface area contributed by atoms with Crippen LogP contribution >= 0.6 is 0 Å². The van der Waals surface area contributed by atoms with Crippen LogP contribution in [-0.4, -0.2) is 55.4 Å². The molecule has 1 fully saturated rings. The molecule has 1 aromatic rings. The molecule has 1 saturated heterocycles. The van der Waals surface area contributed by atoms with E-state index in [2.05, 4.69) is 36.1 Å². The van der Waals surface area contributed by atoms with Gasteiger partial charge >= 0.3 is 8.80 Å². The summed E-state index contributed by atoms with van der Waals surface area (Å²) in [6.45, 7) is 5.27. The molecule has 1 atom stereocenters. The van der Waals surface area contributed by atoms with Crippen molar-refractivity contribution in [3.63, 3.8) is 0 Å². The number of ether oxygens (including phenoxy) is 1. The molecule has 0 aromatic heterocycles. The van der Waals surface area contributed by atoms with E-state index in [1.54, 1.807) is 14.2 Å². The van der Waals surface area contributed by atoms with Crippen LogP contribution in [0.1, 0.15) is 19.8 Å². The van der Waals surface area contributed by atoms with Crippen LogP contribution in [0.25, 0.3) is 0 Å². The number of hydrogen-bond acceptors (Lipinski definition) is 5. The fraction of sp³-hybridized carbons (Fsp3) is 0.647. The molecular weight excluding hydrogens is 310 g/mol. The van der Waals surface area contributed by atoms with Gasteiger partial charge in [-0.15, -0.1) is 0 Å². The van der Waals surface area contributed by atoms with Gasteiger partial charge in [-0.25, -0.2) is 0 Å². The van der Waals surface area contributed by atoms with Crippen LogP contribution in [-0.2, 0) is 18.0 Å². The van der Waals surface area contributed by atoms with Crippen molar-refractivity contribution in [1.29, 1.82) is 0 Å². The smallest absolute Gasteiger partial charge is 0.379 e. The molecule has 1 unspecified atom stereocenters. The van der Waals surface area contributed by atoms with Crippen molar-refractivity contribution in [2.24, 2.45) is 0 Å². The van der Waals surface area contributed by atoms with Crippen molar-refractivity contribution in [1.82, 2.24) is 0 Å². The Morgan fingerprint density at radius 2 is 1.96 bits per heavy atom. The molecule has 0 bridgehead atoms. The third-order valence-corrected chi connectivity index (χ3v) is 6.98. The fourth-order valence-electron chi connectivity index (χ4n) is 2.91. The largest absolute Gasteiger partial charge is 0.500 e. The van der Waals surface area contributed by atoms with Crippen LogP contribution in [0.5, 0.6) is 0 Å². The molecule has 2 rings (SSSR count). The molecule has 0 radical (unpaired) electrons. The molecule has 0 saturated carbocycles. The van der Waals surface area contributed by atoms with E-state index in [1.165, 1.54) is 5.69 Å². The van der Waals surface area contributed by atoms with Crippen molar-refractivity contribution < 1.29 is 18.0 Å². The molecule has 5 nitrogen and oxygen atoms in total. The highest BCUT2D eigenvalue weighted by molar-refractivity contribution is 6.60. The maximum Gasteiger partial charge on any atom is 0.500 e. The normalized spacial score (nSPS) is 21.4. The van der Waals surface area contributed by atoms with Gasteiger partial charge in [0.2, 0.25) is 0 Å². The van der Waals surface area contributed by atoms with Gasteiger partial charge in [-0.05, 0) is 25.0 Å². The standard InChI is InChI=1S/C17H29NO4Si/c1-4-11-18(16-9-6-5-7-10-16)14-17-15-21-12-8-13-23(19-2,20-3)22-17/h5-7,9-10,17H,4,8,11-15H2,1-3H3. The van der Waals surface area contributed by atoms with Gasteiger partial charge < -0.3 is 22.9 Å². The van der Waals surface area contributed by atoms with Crippen LogP contribution in [0.2, 0.25) is 6.04 Å². The molecule has 1 aromatic carbocycles. The number of nitrogens with zero attached hydrogens (tertiary/aromatic N) is 1. The molecule has 130 valence electrons. The number of rotatable bonds is 7. The lowest BCUT2D eigenvalue weighted by atomic mass is 10.2. The summed E-state index contributed by atoms with van der Waals surface area (Å²) < 4.78 is 23.4. The lowest BCUT2D eigenvalue weighted by molar-refractivity contribution is -0.0113. The van der Waals surface area contributed by atoms with E-state index in [-0.39, 0.29) is 6.10 Å². The Morgan fingerprint density at radius 3 is 2.61 bits per heavy atom. The molecule has 0 aliphatic carbocycles. The van der Waals surface area contributed by atoms with Crippen LogP contribution in [0.15, 0.2) is 30.3 Å². The van der Waals surface area contributed by atoms with Crippen molar-refractivity contribution in [3.8, 4) is 0 Å². The number of benzene rings is 1. The molecular formula is C17H29NO4Si. The van der Waals surface area contributed by atoms with Gasteiger partial charge in [-0.2, -0.15) is 0 Å². The number of para-hydroxylation sites is 1. The number of hydrogen-bond donors (Lipinski definition) is 0. The zero-order valence-electron chi connectivity index (χ0n) is 14.5. The lowest BCUT2D eigenvalue weighted by Gasteiger charge is -2.36. The van der Waals surface area contributed by atoms with Crippen LogP contribution in [0, 0.1) is 0 Å². The first kappa shape index (κ1) is 18.4. The van der Waals surface area contributed by atoms with Gasteiger partial charge in [0.15, 0.2) is 0 Å². The molecule has 0 amide bonds. The van der Waals surface area contributed by atoms with Crippen molar-refractivity contribution in [3.05, 3.63) is 30.3 Å². The van der Waals surface area contributed by atoms with Gasteiger partial charge in [0.25, 0.3) is 0 Å². The van der Waals surface area contributed by atoms with Gasteiger partial charge in [0, 0.05) is 45.6 Å². The third kappa shape index (κ3) is 5.29. The molecule has 6 heteroatoms. The minimum absolute atomic E-state index is 0.0476. The molecule has 1 heterocycles. The summed E-state index contributed by atoms with van der Waals surface area (Å²) >= 11 is 0. The Kier molecular flexibility index (Phi) is 7.52. The minimum atomic E-state index is -2.57. The van der Waals surface area contributed by atoms with Gasteiger partial charge in [-0.3, -0.25) is 0 Å². The molecule has 1 aliphatic rings. The predicted octanol–water partition coefficient (Wildman–Crippen LogP) is 2.94. The van der Waals surface area contributed by atoms with Gasteiger partial charge in [0.1, 0.15) is 0 Å². The second-order valence-electron chi connectivity index (χ2n) is 5.79. The zero-order valence-corrected chi connectivity index (χ0v) is 15.5. The van der Waals surface area contributed by atoms with Crippen LogP contribution in [0.3, 0.4) is 0 Å². The number of anilines is 1. The molecule has 23 heavy (non-hydrogen) atoms. The Bertz CT molecular complexity index is 441. The molecule has 0 N–H and O–H groups in total. The Hall–Kier alpha value is -0.923. The first-order valence-electron chi connectivity index (χ1n) is 8.39. The van der Waals surface area contributed by atoms with E-state index in [9.17, 15) is 0 Å². The van der Waals surface area contributed by atoms with Crippen LogP contribution in [0.4, 0.5) is 5.69 Å². The van der Waals surface area contributed by atoms with Crippen LogP contribution < -0.4 is 4.90 Å². The first-order chi connectivity index (χ1) is 11.2. The highest BCUT2D eigenvalue weighted by Crippen LogP contribution is 2.23. The van der Waals surface area contributed by atoms with E-state index < -0.39 is 8.80 Å².